The summed E-state index contributed by atoms with van der Waals surface area (Å²) in [5, 5.41) is 0. The summed E-state index contributed by atoms with van der Waals surface area (Å²) >= 11 is 3.04. The molecule has 0 amide bonds. The van der Waals surface area contributed by atoms with E-state index < -0.39 is 15.8 Å². The van der Waals surface area contributed by atoms with Gasteiger partial charge in [0, 0.05) is 11.0 Å². The van der Waals surface area contributed by atoms with E-state index in [2.05, 4.69) is 20.7 Å². The second-order valence-electron chi connectivity index (χ2n) is 4.44. The Kier molecular flexibility index (Phi) is 4.97. The molecule has 0 radical (unpaired) electrons. The van der Waals surface area contributed by atoms with Crippen molar-refractivity contribution in [3.8, 4) is 0 Å². The van der Waals surface area contributed by atoms with Gasteiger partial charge in [-0.1, -0.05) is 30.3 Å². The molecule has 0 saturated carbocycles. The summed E-state index contributed by atoms with van der Waals surface area (Å²) in [5.74, 6) is -0.662. The van der Waals surface area contributed by atoms with Crippen LogP contribution in [-0.2, 0) is 16.4 Å². The van der Waals surface area contributed by atoms with Crippen molar-refractivity contribution in [3.05, 3.63) is 58.3 Å². The number of nitrogens with one attached hydrogen (secondary N) is 1. The fourth-order valence-electron chi connectivity index (χ4n) is 1.80. The summed E-state index contributed by atoms with van der Waals surface area (Å²) in [4.78, 5) is -0.0746. The second kappa shape index (κ2) is 6.55. The lowest BCUT2D eigenvalue weighted by atomic mass is 10.2. The molecular weight excluding hydrogens is 359 g/mol. The van der Waals surface area contributed by atoms with Gasteiger partial charge in [-0.3, -0.25) is 0 Å². The fraction of sp³-hybridized carbons (Fsp3) is 0.143. The van der Waals surface area contributed by atoms with Gasteiger partial charge >= 0.3 is 0 Å². The van der Waals surface area contributed by atoms with Crippen LogP contribution < -0.4 is 10.5 Å². The molecule has 0 heterocycles. The number of hydrogen-bond acceptors (Lipinski definition) is 3. The van der Waals surface area contributed by atoms with Crippen LogP contribution >= 0.6 is 15.9 Å². The van der Waals surface area contributed by atoms with Gasteiger partial charge in [0.1, 0.15) is 5.82 Å². The standard InChI is InChI=1S/C14H14BrFN2O2S/c15-11-8-12(16)13(17)9-14(11)21(19,20)18-7-6-10-4-2-1-3-5-10/h1-5,8-9,18H,6-7,17H2. The van der Waals surface area contributed by atoms with Crippen molar-refractivity contribution in [2.45, 2.75) is 11.3 Å². The van der Waals surface area contributed by atoms with Crippen LogP contribution in [0.25, 0.3) is 0 Å². The van der Waals surface area contributed by atoms with Crippen molar-refractivity contribution in [2.24, 2.45) is 0 Å². The van der Waals surface area contributed by atoms with Gasteiger partial charge in [-0.2, -0.15) is 0 Å². The van der Waals surface area contributed by atoms with E-state index in [4.69, 9.17) is 5.73 Å². The van der Waals surface area contributed by atoms with E-state index in [0.29, 0.717) is 6.42 Å². The van der Waals surface area contributed by atoms with Gasteiger partial charge in [0.2, 0.25) is 10.0 Å². The molecule has 0 unspecified atom stereocenters. The number of rotatable bonds is 5. The maximum Gasteiger partial charge on any atom is 0.241 e. The van der Waals surface area contributed by atoms with Gasteiger partial charge in [-0.15, -0.1) is 0 Å². The second-order valence-corrected chi connectivity index (χ2v) is 7.03. The average Bonchev–Trinajstić information content (AvgIpc) is 2.43. The third-order valence-corrected chi connectivity index (χ3v) is 5.31. The van der Waals surface area contributed by atoms with Crippen LogP contribution in [0.2, 0.25) is 0 Å². The highest BCUT2D eigenvalue weighted by molar-refractivity contribution is 9.10. The summed E-state index contributed by atoms with van der Waals surface area (Å²) < 4.78 is 40.2. The van der Waals surface area contributed by atoms with Crippen molar-refractivity contribution in [1.29, 1.82) is 0 Å². The van der Waals surface area contributed by atoms with Crippen LogP contribution in [0.5, 0.6) is 0 Å². The van der Waals surface area contributed by atoms with Crippen molar-refractivity contribution in [1.82, 2.24) is 4.72 Å². The molecule has 0 fully saturated rings. The van der Waals surface area contributed by atoms with Crippen LogP contribution in [-0.4, -0.2) is 15.0 Å². The van der Waals surface area contributed by atoms with Crippen LogP contribution in [0.1, 0.15) is 5.56 Å². The van der Waals surface area contributed by atoms with Gasteiger partial charge in [0.25, 0.3) is 0 Å². The summed E-state index contributed by atoms with van der Waals surface area (Å²) in [7, 11) is -3.74. The predicted octanol–water partition coefficient (Wildman–Crippen LogP) is 2.69. The minimum absolute atomic E-state index is 0.0746. The number of anilines is 1. The first kappa shape index (κ1) is 15.9. The maximum atomic E-state index is 13.3. The largest absolute Gasteiger partial charge is 0.396 e. The summed E-state index contributed by atoms with van der Waals surface area (Å²) in [6.45, 7) is 0.246. The summed E-state index contributed by atoms with van der Waals surface area (Å²) in [6.07, 6.45) is 0.564. The molecule has 0 saturated heterocycles. The van der Waals surface area contributed by atoms with Crippen molar-refractivity contribution in [3.63, 3.8) is 0 Å². The van der Waals surface area contributed by atoms with E-state index in [1.807, 2.05) is 30.3 Å². The Morgan fingerprint density at radius 3 is 2.52 bits per heavy atom. The number of benzene rings is 2. The maximum absolute atomic E-state index is 13.3. The fourth-order valence-corrected chi connectivity index (χ4v) is 3.88. The Morgan fingerprint density at radius 2 is 1.86 bits per heavy atom. The molecule has 4 nitrogen and oxygen atoms in total. The Bertz CT molecular complexity index is 736. The molecule has 0 atom stereocenters. The molecule has 7 heteroatoms. The third-order valence-electron chi connectivity index (χ3n) is 2.89. The zero-order chi connectivity index (χ0) is 15.5. The quantitative estimate of drug-likeness (QED) is 0.792. The molecule has 0 aliphatic rings. The van der Waals surface area contributed by atoms with Crippen LogP contribution in [0.15, 0.2) is 51.8 Å². The Hall–Kier alpha value is -1.44. The van der Waals surface area contributed by atoms with E-state index in [9.17, 15) is 12.8 Å². The number of nitrogens with two attached hydrogens (primary N) is 1. The monoisotopic (exact) mass is 372 g/mol. The minimum atomic E-state index is -3.74. The molecule has 0 aliphatic heterocycles. The Balaban J connectivity index is 2.10. The molecule has 0 aromatic heterocycles. The van der Waals surface area contributed by atoms with Gasteiger partial charge < -0.3 is 5.73 Å². The smallest absolute Gasteiger partial charge is 0.241 e. The highest BCUT2D eigenvalue weighted by atomic mass is 79.9. The van der Waals surface area contributed by atoms with E-state index in [0.717, 1.165) is 17.7 Å². The number of halogens is 2. The first-order valence-corrected chi connectivity index (χ1v) is 8.46. The molecule has 0 bridgehead atoms. The molecule has 3 N–H and O–H groups in total. The predicted molar refractivity (Wildman–Crippen MR) is 83.8 cm³/mol. The van der Waals surface area contributed by atoms with Crippen LogP contribution in [0.4, 0.5) is 10.1 Å². The molecule has 0 aliphatic carbocycles. The van der Waals surface area contributed by atoms with Crippen LogP contribution in [0.3, 0.4) is 0 Å². The lowest BCUT2D eigenvalue weighted by Gasteiger charge is -2.10. The van der Waals surface area contributed by atoms with Crippen molar-refractivity contribution < 1.29 is 12.8 Å². The topological polar surface area (TPSA) is 72.2 Å². The van der Waals surface area contributed by atoms with E-state index in [-0.39, 0.29) is 21.6 Å². The molecule has 0 spiro atoms. The van der Waals surface area contributed by atoms with Gasteiger partial charge in [-0.05, 0) is 40.0 Å². The Morgan fingerprint density at radius 1 is 1.19 bits per heavy atom. The Labute approximate surface area is 131 Å². The average molecular weight is 373 g/mol. The molecular formula is C14H14BrFN2O2S. The first-order chi connectivity index (χ1) is 9.90. The SMILES string of the molecule is Nc1cc(S(=O)(=O)NCCc2ccccc2)c(Br)cc1F. The molecule has 2 aromatic rings. The van der Waals surface area contributed by atoms with Crippen LogP contribution in [0, 0.1) is 5.82 Å². The van der Waals surface area contributed by atoms with Crippen molar-refractivity contribution >= 4 is 31.6 Å². The number of sulfonamides is 1. The number of hydrogen-bond donors (Lipinski definition) is 2. The van der Waals surface area contributed by atoms with E-state index in [1.54, 1.807) is 0 Å². The van der Waals surface area contributed by atoms with Crippen molar-refractivity contribution in [2.75, 3.05) is 12.3 Å². The minimum Gasteiger partial charge on any atom is -0.396 e. The zero-order valence-corrected chi connectivity index (χ0v) is 13.4. The zero-order valence-electron chi connectivity index (χ0n) is 11.0. The lowest BCUT2D eigenvalue weighted by molar-refractivity contribution is 0.580. The molecule has 112 valence electrons. The highest BCUT2D eigenvalue weighted by Gasteiger charge is 2.19. The lowest BCUT2D eigenvalue weighted by Crippen LogP contribution is -2.26. The van der Waals surface area contributed by atoms with E-state index >= 15 is 0 Å². The van der Waals surface area contributed by atoms with E-state index in [1.165, 1.54) is 0 Å². The molecule has 2 aromatic carbocycles. The summed E-state index contributed by atoms with van der Waals surface area (Å²) in [5.41, 5.74) is 6.24. The van der Waals surface area contributed by atoms with Gasteiger partial charge in [-0.25, -0.2) is 17.5 Å². The molecule has 2 rings (SSSR count). The number of nitrogen functional groups attached to an aromatic ring is 1. The molecule has 21 heavy (non-hydrogen) atoms. The first-order valence-electron chi connectivity index (χ1n) is 6.18. The van der Waals surface area contributed by atoms with Gasteiger partial charge in [0.05, 0.1) is 10.6 Å². The van der Waals surface area contributed by atoms with Gasteiger partial charge in [0.15, 0.2) is 0 Å². The normalized spacial score (nSPS) is 11.5. The summed E-state index contributed by atoms with van der Waals surface area (Å²) in [6, 6.07) is 11.7. The third kappa shape index (κ3) is 4.03. The highest BCUT2D eigenvalue weighted by Crippen LogP contribution is 2.26.